The molecule has 2 aromatic rings. The molecule has 0 unspecified atom stereocenters. The molecule has 26 heavy (non-hydrogen) atoms. The predicted octanol–water partition coefficient (Wildman–Crippen LogP) is 5.93. The van der Waals surface area contributed by atoms with Gasteiger partial charge in [0.2, 0.25) is 5.91 Å². The summed E-state index contributed by atoms with van der Waals surface area (Å²) in [6.45, 7) is 2.06. The Morgan fingerprint density at radius 3 is 2.27 bits per heavy atom. The van der Waals surface area contributed by atoms with E-state index in [1.54, 1.807) is 11.3 Å². The van der Waals surface area contributed by atoms with Crippen LogP contribution in [0.3, 0.4) is 0 Å². The predicted molar refractivity (Wildman–Crippen MR) is 107 cm³/mol. The van der Waals surface area contributed by atoms with Gasteiger partial charge in [-0.2, -0.15) is 0 Å². The SMILES string of the molecule is Cc1sc(NC(=O)C23CC4CC(CC(C4)C2)C3)nc1-c1ccc(Cl)cc1. The van der Waals surface area contributed by atoms with Gasteiger partial charge in [0, 0.05) is 15.5 Å². The van der Waals surface area contributed by atoms with Crippen LogP contribution in [-0.2, 0) is 4.79 Å². The maximum Gasteiger partial charge on any atom is 0.232 e. The Morgan fingerprint density at radius 2 is 1.69 bits per heavy atom. The molecule has 4 aliphatic carbocycles. The molecule has 1 aromatic carbocycles. The molecule has 4 fully saturated rings. The van der Waals surface area contributed by atoms with E-state index >= 15 is 0 Å². The van der Waals surface area contributed by atoms with Crippen molar-refractivity contribution in [3.05, 3.63) is 34.2 Å². The summed E-state index contributed by atoms with van der Waals surface area (Å²) >= 11 is 7.56. The maximum absolute atomic E-state index is 13.2. The van der Waals surface area contributed by atoms with Crippen molar-refractivity contribution in [3.8, 4) is 11.3 Å². The van der Waals surface area contributed by atoms with Crippen LogP contribution < -0.4 is 5.32 Å². The standard InChI is InChI=1S/C21H23ClN2OS/c1-12-18(16-2-4-17(22)5-3-16)23-20(26-12)24-19(25)21-9-13-6-14(10-21)8-15(7-13)11-21/h2-5,13-15H,6-11H2,1H3,(H,23,24,25). The van der Waals surface area contributed by atoms with Crippen molar-refractivity contribution < 1.29 is 4.79 Å². The van der Waals surface area contributed by atoms with E-state index in [4.69, 9.17) is 16.6 Å². The number of thiazole rings is 1. The number of rotatable bonds is 3. The average molecular weight is 387 g/mol. The molecule has 4 saturated carbocycles. The Hall–Kier alpha value is -1.39. The summed E-state index contributed by atoms with van der Waals surface area (Å²) in [6, 6.07) is 7.72. The number of halogens is 1. The smallest absolute Gasteiger partial charge is 0.232 e. The molecule has 1 amide bonds. The van der Waals surface area contributed by atoms with E-state index in [2.05, 4.69) is 12.2 Å². The number of amides is 1. The molecule has 4 aliphatic rings. The summed E-state index contributed by atoms with van der Waals surface area (Å²) in [5.41, 5.74) is 1.85. The van der Waals surface area contributed by atoms with E-state index in [0.717, 1.165) is 63.3 Å². The number of hydrogen-bond donors (Lipinski definition) is 1. The fourth-order valence-corrected chi connectivity index (χ4v) is 6.90. The molecule has 0 radical (unpaired) electrons. The number of hydrogen-bond acceptors (Lipinski definition) is 3. The van der Waals surface area contributed by atoms with Crippen LogP contribution in [0.2, 0.25) is 5.02 Å². The van der Waals surface area contributed by atoms with Crippen LogP contribution in [0.15, 0.2) is 24.3 Å². The number of benzene rings is 1. The van der Waals surface area contributed by atoms with Gasteiger partial charge in [0.25, 0.3) is 0 Å². The molecule has 0 aliphatic heterocycles. The number of aryl methyl sites for hydroxylation is 1. The summed E-state index contributed by atoms with van der Waals surface area (Å²) in [7, 11) is 0. The van der Waals surface area contributed by atoms with Gasteiger partial charge in [0.15, 0.2) is 5.13 Å². The average Bonchev–Trinajstić information content (AvgIpc) is 2.94. The number of nitrogens with zero attached hydrogens (tertiary/aromatic N) is 1. The molecule has 1 aromatic heterocycles. The number of aromatic nitrogens is 1. The third-order valence-electron chi connectivity index (χ3n) is 6.65. The Morgan fingerprint density at radius 1 is 1.12 bits per heavy atom. The molecule has 1 heterocycles. The largest absolute Gasteiger partial charge is 0.301 e. The van der Waals surface area contributed by atoms with Gasteiger partial charge in [-0.25, -0.2) is 4.98 Å². The summed E-state index contributed by atoms with van der Waals surface area (Å²) in [5, 5.41) is 4.63. The van der Waals surface area contributed by atoms with Gasteiger partial charge in [-0.05, 0) is 75.3 Å². The third-order valence-corrected chi connectivity index (χ3v) is 7.79. The lowest BCUT2D eigenvalue weighted by atomic mass is 9.49. The molecular formula is C21H23ClN2OS. The first kappa shape index (κ1) is 16.8. The third kappa shape index (κ3) is 2.78. The molecule has 136 valence electrons. The minimum atomic E-state index is -0.130. The molecule has 5 heteroatoms. The molecule has 3 nitrogen and oxygen atoms in total. The highest BCUT2D eigenvalue weighted by molar-refractivity contribution is 7.16. The van der Waals surface area contributed by atoms with Gasteiger partial charge in [-0.15, -0.1) is 11.3 Å². The van der Waals surface area contributed by atoms with E-state index in [9.17, 15) is 4.79 Å². The van der Waals surface area contributed by atoms with Crippen LogP contribution in [0.25, 0.3) is 11.3 Å². The molecular weight excluding hydrogens is 364 g/mol. The fraction of sp³-hybridized carbons (Fsp3) is 0.524. The van der Waals surface area contributed by atoms with Crippen molar-refractivity contribution >= 4 is 34.0 Å². The highest BCUT2D eigenvalue weighted by Gasteiger charge is 2.54. The second-order valence-corrected chi connectivity index (χ2v) is 10.2. The number of carbonyl (C=O) groups is 1. The van der Waals surface area contributed by atoms with Crippen molar-refractivity contribution in [2.24, 2.45) is 23.2 Å². The summed E-state index contributed by atoms with van der Waals surface area (Å²) in [5.74, 6) is 2.53. The minimum Gasteiger partial charge on any atom is -0.301 e. The van der Waals surface area contributed by atoms with Crippen molar-refractivity contribution in [3.63, 3.8) is 0 Å². The second kappa shape index (κ2) is 6.07. The van der Waals surface area contributed by atoms with Gasteiger partial charge in [-0.3, -0.25) is 4.79 Å². The number of anilines is 1. The Labute approximate surface area is 163 Å². The monoisotopic (exact) mass is 386 g/mol. The van der Waals surface area contributed by atoms with Crippen LogP contribution in [0, 0.1) is 30.1 Å². The van der Waals surface area contributed by atoms with E-state index in [0.29, 0.717) is 0 Å². The molecule has 6 rings (SSSR count). The first-order valence-corrected chi connectivity index (χ1v) is 10.7. The van der Waals surface area contributed by atoms with Gasteiger partial charge in [-0.1, -0.05) is 23.7 Å². The Kier molecular flexibility index (Phi) is 3.91. The molecule has 0 spiro atoms. The minimum absolute atomic E-state index is 0.130. The maximum atomic E-state index is 13.2. The zero-order valence-electron chi connectivity index (χ0n) is 14.9. The van der Waals surface area contributed by atoms with Crippen LogP contribution in [0.4, 0.5) is 5.13 Å². The zero-order valence-corrected chi connectivity index (χ0v) is 16.5. The van der Waals surface area contributed by atoms with Crippen molar-refractivity contribution in [2.45, 2.75) is 45.4 Å². The molecule has 1 N–H and O–H groups in total. The van der Waals surface area contributed by atoms with Crippen molar-refractivity contribution in [2.75, 3.05) is 5.32 Å². The lowest BCUT2D eigenvalue weighted by Gasteiger charge is -2.55. The Bertz CT molecular complexity index is 822. The van der Waals surface area contributed by atoms with Gasteiger partial charge in [0.1, 0.15) is 0 Å². The first-order chi connectivity index (χ1) is 12.5. The van der Waals surface area contributed by atoms with E-state index in [-0.39, 0.29) is 11.3 Å². The first-order valence-electron chi connectivity index (χ1n) is 9.55. The van der Waals surface area contributed by atoms with Crippen molar-refractivity contribution in [1.82, 2.24) is 4.98 Å². The van der Waals surface area contributed by atoms with Crippen molar-refractivity contribution in [1.29, 1.82) is 0 Å². The molecule has 4 bridgehead atoms. The number of nitrogens with one attached hydrogen (secondary N) is 1. The quantitative estimate of drug-likeness (QED) is 0.710. The topological polar surface area (TPSA) is 42.0 Å². The van der Waals surface area contributed by atoms with Crippen LogP contribution in [-0.4, -0.2) is 10.9 Å². The normalized spacial score (nSPS) is 32.0. The summed E-state index contributed by atoms with van der Waals surface area (Å²) in [6.07, 6.45) is 7.30. The lowest BCUT2D eigenvalue weighted by Crippen LogP contribution is -2.51. The van der Waals surface area contributed by atoms with Crippen LogP contribution in [0.5, 0.6) is 0 Å². The van der Waals surface area contributed by atoms with E-state index in [1.165, 1.54) is 19.3 Å². The fourth-order valence-electron chi connectivity index (χ4n) is 5.94. The summed E-state index contributed by atoms with van der Waals surface area (Å²) < 4.78 is 0. The Balaban J connectivity index is 1.38. The van der Waals surface area contributed by atoms with Crippen LogP contribution in [0.1, 0.15) is 43.4 Å². The number of carbonyl (C=O) groups excluding carboxylic acids is 1. The van der Waals surface area contributed by atoms with Gasteiger partial charge < -0.3 is 5.32 Å². The highest BCUT2D eigenvalue weighted by Crippen LogP contribution is 2.60. The van der Waals surface area contributed by atoms with Gasteiger partial charge in [0.05, 0.1) is 11.1 Å². The molecule has 0 atom stereocenters. The van der Waals surface area contributed by atoms with E-state index in [1.807, 2.05) is 24.3 Å². The van der Waals surface area contributed by atoms with E-state index < -0.39 is 0 Å². The summed E-state index contributed by atoms with van der Waals surface area (Å²) in [4.78, 5) is 19.0. The van der Waals surface area contributed by atoms with Crippen LogP contribution >= 0.6 is 22.9 Å². The lowest BCUT2D eigenvalue weighted by molar-refractivity contribution is -0.140. The second-order valence-electron chi connectivity index (χ2n) is 8.58. The zero-order chi connectivity index (χ0) is 17.9. The molecule has 0 saturated heterocycles. The highest BCUT2D eigenvalue weighted by atomic mass is 35.5. The van der Waals surface area contributed by atoms with Gasteiger partial charge >= 0.3 is 0 Å².